The Bertz CT molecular complexity index is 567. The summed E-state index contributed by atoms with van der Waals surface area (Å²) in [5, 5.41) is 31.8. The average Bonchev–Trinajstić information content (AvgIpc) is 2.60. The highest BCUT2D eigenvalue weighted by Gasteiger charge is 2.24. The Labute approximate surface area is 95.7 Å². The molecular weight excluding hydrogens is 226 g/mol. The number of carboxylic acids is 1. The van der Waals surface area contributed by atoms with Crippen molar-refractivity contribution in [3.8, 4) is 22.8 Å². The predicted octanol–water partition coefficient (Wildman–Crippen LogP) is 1.76. The van der Waals surface area contributed by atoms with Gasteiger partial charge in [-0.2, -0.15) is 0 Å². The van der Waals surface area contributed by atoms with E-state index in [0.29, 0.717) is 0 Å². The highest BCUT2D eigenvalue weighted by molar-refractivity contribution is 5.97. The number of phenols is 2. The van der Waals surface area contributed by atoms with Crippen LogP contribution in [0.25, 0.3) is 11.3 Å². The Morgan fingerprint density at radius 1 is 1.29 bits per heavy atom. The van der Waals surface area contributed by atoms with Crippen molar-refractivity contribution in [1.82, 2.24) is 5.16 Å². The molecule has 0 bridgehead atoms. The average molecular weight is 235 g/mol. The van der Waals surface area contributed by atoms with Crippen LogP contribution < -0.4 is 0 Å². The van der Waals surface area contributed by atoms with Gasteiger partial charge in [0.25, 0.3) is 0 Å². The van der Waals surface area contributed by atoms with Gasteiger partial charge in [0.2, 0.25) is 0 Å². The van der Waals surface area contributed by atoms with E-state index in [0.717, 1.165) is 0 Å². The van der Waals surface area contributed by atoms with Crippen molar-refractivity contribution >= 4 is 5.97 Å². The summed E-state index contributed by atoms with van der Waals surface area (Å²) in [6, 6.07) is 4.08. The molecular formula is C11H9NO5. The molecule has 0 aliphatic carbocycles. The summed E-state index contributed by atoms with van der Waals surface area (Å²) < 4.78 is 4.77. The van der Waals surface area contributed by atoms with Crippen molar-refractivity contribution in [3.63, 3.8) is 0 Å². The second kappa shape index (κ2) is 3.82. The van der Waals surface area contributed by atoms with Gasteiger partial charge in [-0.05, 0) is 19.1 Å². The summed E-state index contributed by atoms with van der Waals surface area (Å²) >= 11 is 0. The highest BCUT2D eigenvalue weighted by atomic mass is 16.5. The number of hydrogen-bond acceptors (Lipinski definition) is 5. The van der Waals surface area contributed by atoms with Crippen LogP contribution in [0, 0.1) is 6.92 Å². The quantitative estimate of drug-likeness (QED) is 0.732. The molecule has 0 aliphatic rings. The van der Waals surface area contributed by atoms with Crippen molar-refractivity contribution in [1.29, 1.82) is 0 Å². The van der Waals surface area contributed by atoms with Crippen molar-refractivity contribution in [2.24, 2.45) is 0 Å². The first-order chi connectivity index (χ1) is 8.02. The summed E-state index contributed by atoms with van der Waals surface area (Å²) in [4.78, 5) is 11.0. The first kappa shape index (κ1) is 11.0. The molecule has 0 saturated heterocycles. The molecule has 6 heteroatoms. The molecule has 0 atom stereocenters. The lowest BCUT2D eigenvalue weighted by Gasteiger charge is -2.04. The van der Waals surface area contributed by atoms with Crippen LogP contribution in [0.3, 0.4) is 0 Å². The fourth-order valence-corrected chi connectivity index (χ4v) is 1.57. The molecule has 2 aromatic rings. The molecule has 0 amide bonds. The van der Waals surface area contributed by atoms with Gasteiger partial charge < -0.3 is 19.8 Å². The monoisotopic (exact) mass is 235 g/mol. The fraction of sp³-hybridized carbons (Fsp3) is 0.0909. The zero-order chi connectivity index (χ0) is 12.6. The smallest absolute Gasteiger partial charge is 0.341 e. The highest BCUT2D eigenvalue weighted by Crippen LogP contribution is 2.38. The van der Waals surface area contributed by atoms with Crippen LogP contribution in [0.15, 0.2) is 22.7 Å². The molecule has 2 rings (SSSR count). The maximum absolute atomic E-state index is 11.0. The van der Waals surface area contributed by atoms with Crippen molar-refractivity contribution in [2.45, 2.75) is 6.92 Å². The lowest BCUT2D eigenvalue weighted by Crippen LogP contribution is -1.99. The van der Waals surface area contributed by atoms with E-state index in [9.17, 15) is 15.0 Å². The van der Waals surface area contributed by atoms with E-state index < -0.39 is 5.97 Å². The second-order valence-corrected chi connectivity index (χ2v) is 3.44. The number of rotatable bonds is 2. The van der Waals surface area contributed by atoms with E-state index in [1.807, 2.05) is 0 Å². The Kier molecular flexibility index (Phi) is 2.47. The van der Waals surface area contributed by atoms with Gasteiger partial charge in [-0.15, -0.1) is 0 Å². The van der Waals surface area contributed by atoms with E-state index in [-0.39, 0.29) is 34.1 Å². The largest absolute Gasteiger partial charge is 0.507 e. The lowest BCUT2D eigenvalue weighted by atomic mass is 10.0. The van der Waals surface area contributed by atoms with Crippen molar-refractivity contribution in [3.05, 3.63) is 29.5 Å². The van der Waals surface area contributed by atoms with E-state index in [2.05, 4.69) is 5.16 Å². The number of aryl methyl sites for hydroxylation is 1. The van der Waals surface area contributed by atoms with Gasteiger partial charge in [0.15, 0.2) is 0 Å². The van der Waals surface area contributed by atoms with E-state index >= 15 is 0 Å². The molecule has 6 nitrogen and oxygen atoms in total. The number of nitrogens with zero attached hydrogens (tertiary/aromatic N) is 1. The first-order valence-electron chi connectivity index (χ1n) is 4.73. The molecule has 1 heterocycles. The number of aromatic nitrogens is 1. The van der Waals surface area contributed by atoms with Crippen molar-refractivity contribution in [2.75, 3.05) is 0 Å². The Hall–Kier alpha value is -2.50. The van der Waals surface area contributed by atoms with Crippen LogP contribution >= 0.6 is 0 Å². The maximum Gasteiger partial charge on any atom is 0.341 e. The Morgan fingerprint density at radius 2 is 1.88 bits per heavy atom. The molecule has 1 aromatic heterocycles. The van der Waals surface area contributed by atoms with Gasteiger partial charge in [0.1, 0.15) is 28.5 Å². The van der Waals surface area contributed by atoms with Crippen LogP contribution in [0.5, 0.6) is 11.5 Å². The van der Waals surface area contributed by atoms with Gasteiger partial charge in [0.05, 0.1) is 5.56 Å². The summed E-state index contributed by atoms with van der Waals surface area (Å²) in [6.07, 6.45) is 0. The first-order valence-corrected chi connectivity index (χ1v) is 4.73. The minimum atomic E-state index is -1.23. The zero-order valence-corrected chi connectivity index (χ0v) is 8.84. The third-order valence-corrected chi connectivity index (χ3v) is 2.33. The number of carboxylic acid groups (broad SMARTS) is 1. The number of aromatic carboxylic acids is 1. The van der Waals surface area contributed by atoms with Crippen molar-refractivity contribution < 1.29 is 24.6 Å². The minimum Gasteiger partial charge on any atom is -0.507 e. The Morgan fingerprint density at radius 3 is 2.41 bits per heavy atom. The third kappa shape index (κ3) is 1.69. The summed E-state index contributed by atoms with van der Waals surface area (Å²) in [5.74, 6) is -1.65. The standard InChI is InChI=1S/C11H9NO5/c1-5-8(11(15)16)10(12-17-5)9-6(13)3-2-4-7(9)14/h2-4,13-14H,1H3,(H,15,16). The summed E-state index contributed by atoms with van der Waals surface area (Å²) in [5.41, 5.74) is -0.325. The molecule has 0 radical (unpaired) electrons. The van der Waals surface area contributed by atoms with Gasteiger partial charge in [-0.25, -0.2) is 4.79 Å². The lowest BCUT2D eigenvalue weighted by molar-refractivity contribution is 0.0696. The molecule has 1 aromatic carbocycles. The molecule has 3 N–H and O–H groups in total. The number of benzene rings is 1. The molecule has 17 heavy (non-hydrogen) atoms. The van der Waals surface area contributed by atoms with Crippen LogP contribution in [0.4, 0.5) is 0 Å². The van der Waals surface area contributed by atoms with Crippen LogP contribution in [-0.4, -0.2) is 26.4 Å². The van der Waals surface area contributed by atoms with E-state index in [4.69, 9.17) is 9.63 Å². The van der Waals surface area contributed by atoms with Gasteiger partial charge >= 0.3 is 5.97 Å². The molecule has 0 fully saturated rings. The van der Waals surface area contributed by atoms with Crippen LogP contribution in [-0.2, 0) is 0 Å². The third-order valence-electron chi connectivity index (χ3n) is 2.33. The number of hydrogen-bond donors (Lipinski definition) is 3. The fourth-order valence-electron chi connectivity index (χ4n) is 1.57. The minimum absolute atomic E-state index is 0.0539. The van der Waals surface area contributed by atoms with Crippen LogP contribution in [0.2, 0.25) is 0 Å². The van der Waals surface area contributed by atoms with Crippen LogP contribution in [0.1, 0.15) is 16.1 Å². The second-order valence-electron chi connectivity index (χ2n) is 3.44. The number of phenolic OH excluding ortho intramolecular Hbond substituents is 2. The number of aromatic hydroxyl groups is 2. The molecule has 0 spiro atoms. The summed E-state index contributed by atoms with van der Waals surface area (Å²) in [6.45, 7) is 1.44. The SMILES string of the molecule is Cc1onc(-c2c(O)cccc2O)c1C(=O)O. The zero-order valence-electron chi connectivity index (χ0n) is 8.84. The van der Waals surface area contributed by atoms with Gasteiger partial charge in [-0.3, -0.25) is 0 Å². The molecule has 0 saturated carbocycles. The van der Waals surface area contributed by atoms with E-state index in [1.54, 1.807) is 0 Å². The topological polar surface area (TPSA) is 104 Å². The van der Waals surface area contributed by atoms with E-state index in [1.165, 1.54) is 25.1 Å². The molecule has 88 valence electrons. The number of carbonyl (C=O) groups is 1. The molecule has 0 aliphatic heterocycles. The molecule has 0 unspecified atom stereocenters. The maximum atomic E-state index is 11.0. The Balaban J connectivity index is 2.73. The van der Waals surface area contributed by atoms with Gasteiger partial charge in [-0.1, -0.05) is 11.2 Å². The normalized spacial score (nSPS) is 10.4. The summed E-state index contributed by atoms with van der Waals surface area (Å²) in [7, 11) is 0. The predicted molar refractivity (Wildman–Crippen MR) is 57.0 cm³/mol. The van der Waals surface area contributed by atoms with Gasteiger partial charge in [0, 0.05) is 0 Å².